The van der Waals surface area contributed by atoms with E-state index >= 15 is 0 Å². The molecule has 1 atom stereocenters. The molecule has 1 aliphatic heterocycles. The first-order valence-electron chi connectivity index (χ1n) is 6.51. The Morgan fingerprint density at radius 3 is 2.52 bits per heavy atom. The normalized spacial score (nSPS) is 17.9. The standard InChI is InChI=1S/C15H16F3NO2/c1-8(2)13-10-6-9(21-3)4-5-12(10)19-7-11(13)14(20)15(16,17)18/h4-8,13,19H,1-3H3. The van der Waals surface area contributed by atoms with Crippen molar-refractivity contribution in [2.24, 2.45) is 5.92 Å². The number of allylic oxidation sites excluding steroid dienone is 1. The van der Waals surface area contributed by atoms with E-state index in [1.54, 1.807) is 32.0 Å². The highest BCUT2D eigenvalue weighted by Gasteiger charge is 2.45. The molecule has 0 saturated heterocycles. The zero-order valence-electron chi connectivity index (χ0n) is 11.9. The van der Waals surface area contributed by atoms with Crippen LogP contribution in [0.2, 0.25) is 0 Å². The molecule has 21 heavy (non-hydrogen) atoms. The minimum absolute atomic E-state index is 0.157. The van der Waals surface area contributed by atoms with Gasteiger partial charge in [0, 0.05) is 23.4 Å². The smallest absolute Gasteiger partial charge is 0.454 e. The van der Waals surface area contributed by atoms with Gasteiger partial charge in [0.1, 0.15) is 5.75 Å². The maximum absolute atomic E-state index is 12.7. The Balaban J connectivity index is 2.51. The molecule has 1 aromatic rings. The number of methoxy groups -OCH3 is 1. The molecule has 0 aromatic heterocycles. The van der Waals surface area contributed by atoms with Gasteiger partial charge in [0.05, 0.1) is 7.11 Å². The van der Waals surface area contributed by atoms with Crippen LogP contribution < -0.4 is 10.1 Å². The van der Waals surface area contributed by atoms with Crippen molar-refractivity contribution in [3.05, 3.63) is 35.5 Å². The lowest BCUT2D eigenvalue weighted by atomic mass is 9.78. The molecule has 0 aliphatic carbocycles. The summed E-state index contributed by atoms with van der Waals surface area (Å²) in [5.74, 6) is -2.04. The van der Waals surface area contributed by atoms with Gasteiger partial charge >= 0.3 is 6.18 Å². The average Bonchev–Trinajstić information content (AvgIpc) is 2.43. The van der Waals surface area contributed by atoms with Gasteiger partial charge in [0.15, 0.2) is 0 Å². The molecule has 0 saturated carbocycles. The maximum Gasteiger partial charge on any atom is 0.454 e. The molecule has 3 nitrogen and oxygen atoms in total. The molecule has 1 aliphatic rings. The van der Waals surface area contributed by atoms with Gasteiger partial charge in [-0.05, 0) is 29.7 Å². The minimum atomic E-state index is -4.88. The van der Waals surface area contributed by atoms with E-state index in [-0.39, 0.29) is 11.5 Å². The number of anilines is 1. The van der Waals surface area contributed by atoms with Gasteiger partial charge in [-0.25, -0.2) is 0 Å². The summed E-state index contributed by atoms with van der Waals surface area (Å²) in [5.41, 5.74) is 1.06. The fraction of sp³-hybridized carbons (Fsp3) is 0.400. The first kappa shape index (κ1) is 15.4. The monoisotopic (exact) mass is 299 g/mol. The third kappa shape index (κ3) is 2.89. The van der Waals surface area contributed by atoms with Crippen molar-refractivity contribution in [1.29, 1.82) is 0 Å². The summed E-state index contributed by atoms with van der Waals surface area (Å²) in [5, 5.41) is 2.76. The summed E-state index contributed by atoms with van der Waals surface area (Å²) in [4.78, 5) is 11.6. The lowest BCUT2D eigenvalue weighted by molar-refractivity contribution is -0.167. The number of alkyl halides is 3. The Bertz CT molecular complexity index is 591. The van der Waals surface area contributed by atoms with Crippen LogP contribution in [-0.4, -0.2) is 19.1 Å². The van der Waals surface area contributed by atoms with Gasteiger partial charge in [0.25, 0.3) is 5.78 Å². The van der Waals surface area contributed by atoms with Gasteiger partial charge in [-0.1, -0.05) is 13.8 Å². The molecule has 1 heterocycles. The van der Waals surface area contributed by atoms with Crippen LogP contribution in [0.4, 0.5) is 18.9 Å². The number of benzene rings is 1. The van der Waals surface area contributed by atoms with E-state index < -0.39 is 17.9 Å². The van der Waals surface area contributed by atoms with E-state index in [1.165, 1.54) is 7.11 Å². The second-order valence-electron chi connectivity index (χ2n) is 5.25. The van der Waals surface area contributed by atoms with Gasteiger partial charge in [-0.15, -0.1) is 0 Å². The molecule has 6 heteroatoms. The molecule has 0 spiro atoms. The van der Waals surface area contributed by atoms with E-state index in [9.17, 15) is 18.0 Å². The third-order valence-electron chi connectivity index (χ3n) is 3.50. The number of ether oxygens (including phenoxy) is 1. The second kappa shape index (κ2) is 5.42. The van der Waals surface area contributed by atoms with Crippen LogP contribution in [-0.2, 0) is 4.79 Å². The summed E-state index contributed by atoms with van der Waals surface area (Å²) in [6.07, 6.45) is -3.72. The number of nitrogens with one attached hydrogen (secondary N) is 1. The number of rotatable bonds is 3. The number of fused-ring (bicyclic) bond motifs is 1. The van der Waals surface area contributed by atoms with Crippen molar-refractivity contribution >= 4 is 11.5 Å². The number of hydrogen-bond acceptors (Lipinski definition) is 3. The number of ketones is 1. The Kier molecular flexibility index (Phi) is 3.98. The predicted octanol–water partition coefficient (Wildman–Crippen LogP) is 3.88. The van der Waals surface area contributed by atoms with Gasteiger partial charge in [-0.2, -0.15) is 13.2 Å². The lowest BCUT2D eigenvalue weighted by Crippen LogP contribution is -2.31. The van der Waals surface area contributed by atoms with Crippen LogP contribution in [0.1, 0.15) is 25.3 Å². The van der Waals surface area contributed by atoms with Crippen molar-refractivity contribution < 1.29 is 22.7 Å². The molecule has 0 radical (unpaired) electrons. The highest BCUT2D eigenvalue weighted by molar-refractivity contribution is 6.02. The van der Waals surface area contributed by atoms with E-state index in [4.69, 9.17) is 4.74 Å². The van der Waals surface area contributed by atoms with E-state index in [0.29, 0.717) is 17.0 Å². The van der Waals surface area contributed by atoms with Crippen LogP contribution in [0.25, 0.3) is 0 Å². The zero-order chi connectivity index (χ0) is 15.8. The molecule has 1 N–H and O–H groups in total. The Morgan fingerprint density at radius 2 is 2.00 bits per heavy atom. The quantitative estimate of drug-likeness (QED) is 0.920. The number of halogens is 3. The largest absolute Gasteiger partial charge is 0.497 e. The van der Waals surface area contributed by atoms with E-state index in [0.717, 1.165) is 6.20 Å². The van der Waals surface area contributed by atoms with E-state index in [2.05, 4.69) is 5.32 Å². The second-order valence-corrected chi connectivity index (χ2v) is 5.25. The van der Waals surface area contributed by atoms with Crippen LogP contribution in [0.3, 0.4) is 0 Å². The lowest BCUT2D eigenvalue weighted by Gasteiger charge is -2.30. The predicted molar refractivity (Wildman–Crippen MR) is 73.3 cm³/mol. The first-order chi connectivity index (χ1) is 9.75. The highest BCUT2D eigenvalue weighted by atomic mass is 19.4. The Hall–Kier alpha value is -1.98. The van der Waals surface area contributed by atoms with Crippen molar-refractivity contribution in [3.8, 4) is 5.75 Å². The minimum Gasteiger partial charge on any atom is -0.497 e. The maximum atomic E-state index is 12.7. The molecule has 0 bridgehead atoms. The SMILES string of the molecule is COc1ccc2c(c1)C(C(C)C)C(C(=O)C(F)(F)F)=CN2. The number of carbonyl (C=O) groups excluding carboxylic acids is 1. The van der Waals surface area contributed by atoms with Crippen molar-refractivity contribution in [3.63, 3.8) is 0 Å². The molecule has 114 valence electrons. The molecule has 1 unspecified atom stereocenters. The zero-order valence-corrected chi connectivity index (χ0v) is 11.9. The van der Waals surface area contributed by atoms with Gasteiger partial charge in [0.2, 0.25) is 0 Å². The Labute approximate surface area is 120 Å². The molecule has 1 aromatic carbocycles. The molecular weight excluding hydrogens is 283 g/mol. The fourth-order valence-corrected chi connectivity index (χ4v) is 2.56. The molecule has 0 amide bonds. The first-order valence-corrected chi connectivity index (χ1v) is 6.51. The highest BCUT2D eigenvalue weighted by Crippen LogP contribution is 2.43. The van der Waals surface area contributed by atoms with Gasteiger partial charge < -0.3 is 10.1 Å². The number of Topliss-reactive ketones (excluding diaryl/α,β-unsaturated/α-hetero) is 1. The van der Waals surface area contributed by atoms with Crippen LogP contribution in [0.5, 0.6) is 5.75 Å². The van der Waals surface area contributed by atoms with Gasteiger partial charge in [-0.3, -0.25) is 4.79 Å². The molecular formula is C15H16F3NO2. The van der Waals surface area contributed by atoms with Crippen LogP contribution in [0.15, 0.2) is 30.0 Å². The van der Waals surface area contributed by atoms with Crippen molar-refractivity contribution in [2.45, 2.75) is 25.9 Å². The topological polar surface area (TPSA) is 38.3 Å². The summed E-state index contributed by atoms with van der Waals surface area (Å²) in [6, 6.07) is 5.12. The summed E-state index contributed by atoms with van der Waals surface area (Å²) in [7, 11) is 1.49. The summed E-state index contributed by atoms with van der Waals surface area (Å²) >= 11 is 0. The average molecular weight is 299 g/mol. The Morgan fingerprint density at radius 1 is 1.33 bits per heavy atom. The van der Waals surface area contributed by atoms with Crippen molar-refractivity contribution in [1.82, 2.24) is 0 Å². The van der Waals surface area contributed by atoms with E-state index in [1.807, 2.05) is 0 Å². The molecule has 0 fully saturated rings. The summed E-state index contributed by atoms with van der Waals surface area (Å²) < 4.78 is 43.4. The van der Waals surface area contributed by atoms with Crippen LogP contribution >= 0.6 is 0 Å². The molecule has 2 rings (SSSR count). The van der Waals surface area contributed by atoms with Crippen molar-refractivity contribution in [2.75, 3.05) is 12.4 Å². The van der Waals surface area contributed by atoms with Crippen LogP contribution in [0, 0.1) is 5.92 Å². The number of carbonyl (C=O) groups is 1. The third-order valence-corrected chi connectivity index (χ3v) is 3.50. The summed E-state index contributed by atoms with van der Waals surface area (Å²) in [6.45, 7) is 3.58. The fourth-order valence-electron chi connectivity index (χ4n) is 2.56. The number of hydrogen-bond donors (Lipinski definition) is 1.